The summed E-state index contributed by atoms with van der Waals surface area (Å²) in [5.41, 5.74) is 3.73. The van der Waals surface area contributed by atoms with Crippen LogP contribution in [0.15, 0.2) is 47.0 Å². The number of hydrogen-bond donors (Lipinski definition) is 1. The molecule has 1 amide bonds. The van der Waals surface area contributed by atoms with Crippen LogP contribution in [-0.2, 0) is 11.2 Å². The maximum absolute atomic E-state index is 12.2. The van der Waals surface area contributed by atoms with Gasteiger partial charge in [0.1, 0.15) is 5.75 Å². The van der Waals surface area contributed by atoms with Gasteiger partial charge in [-0.15, -0.1) is 0 Å². The molecule has 3 aromatic rings. The zero-order valence-corrected chi connectivity index (χ0v) is 15.1. The molecule has 0 aliphatic carbocycles. The van der Waals surface area contributed by atoms with Gasteiger partial charge in [-0.2, -0.15) is 4.98 Å². The third-order valence-corrected chi connectivity index (χ3v) is 4.11. The first kappa shape index (κ1) is 17.7. The van der Waals surface area contributed by atoms with Crippen LogP contribution in [0.5, 0.6) is 5.75 Å². The lowest BCUT2D eigenvalue weighted by Gasteiger charge is -2.11. The molecule has 0 bridgehead atoms. The second-order valence-corrected chi connectivity index (χ2v) is 5.98. The van der Waals surface area contributed by atoms with E-state index in [0.717, 1.165) is 22.4 Å². The van der Waals surface area contributed by atoms with E-state index in [1.165, 1.54) is 0 Å². The lowest BCUT2D eigenvalue weighted by molar-refractivity contribution is -0.118. The molecule has 0 fully saturated rings. The molecule has 0 aliphatic heterocycles. The molecular weight excluding hydrogens is 330 g/mol. The van der Waals surface area contributed by atoms with Crippen molar-refractivity contribution in [2.24, 2.45) is 0 Å². The van der Waals surface area contributed by atoms with E-state index >= 15 is 0 Å². The van der Waals surface area contributed by atoms with Crippen LogP contribution in [0.4, 0.5) is 5.69 Å². The molecule has 0 atom stereocenters. The van der Waals surface area contributed by atoms with Crippen LogP contribution in [0.2, 0.25) is 0 Å². The van der Waals surface area contributed by atoms with Crippen LogP contribution in [0, 0.1) is 13.8 Å². The van der Waals surface area contributed by atoms with E-state index in [-0.39, 0.29) is 12.5 Å². The van der Waals surface area contributed by atoms with Gasteiger partial charge >= 0.3 is 0 Å². The fourth-order valence-corrected chi connectivity index (χ4v) is 2.46. The number of ether oxygens (including phenoxy) is 1. The lowest BCUT2D eigenvalue weighted by atomic mass is 10.1. The van der Waals surface area contributed by atoms with Crippen molar-refractivity contribution in [3.05, 3.63) is 59.4 Å². The highest BCUT2D eigenvalue weighted by molar-refractivity contribution is 5.92. The Labute approximate surface area is 152 Å². The van der Waals surface area contributed by atoms with Gasteiger partial charge in [0.05, 0.1) is 0 Å². The lowest BCUT2D eigenvalue weighted by Crippen LogP contribution is -2.20. The number of carbonyl (C=O) groups excluding carboxylic acids is 1. The molecule has 0 saturated carbocycles. The Kier molecular flexibility index (Phi) is 5.31. The zero-order chi connectivity index (χ0) is 18.5. The summed E-state index contributed by atoms with van der Waals surface area (Å²) in [4.78, 5) is 16.5. The number of nitrogens with zero attached hydrogens (tertiary/aromatic N) is 2. The number of nitrogens with one attached hydrogen (secondary N) is 1. The quantitative estimate of drug-likeness (QED) is 0.728. The Hall–Kier alpha value is -3.15. The molecule has 0 aliphatic rings. The summed E-state index contributed by atoms with van der Waals surface area (Å²) in [5.74, 6) is 1.44. The number of rotatable bonds is 6. The molecule has 134 valence electrons. The fraction of sp³-hybridized carbons (Fsp3) is 0.250. The van der Waals surface area contributed by atoms with E-state index in [1.807, 2.05) is 51.1 Å². The van der Waals surface area contributed by atoms with Gasteiger partial charge in [0.15, 0.2) is 12.4 Å². The zero-order valence-electron chi connectivity index (χ0n) is 15.1. The molecule has 26 heavy (non-hydrogen) atoms. The van der Waals surface area contributed by atoms with E-state index in [1.54, 1.807) is 12.1 Å². The average molecular weight is 351 g/mol. The van der Waals surface area contributed by atoms with Gasteiger partial charge in [0, 0.05) is 17.7 Å². The Morgan fingerprint density at radius 1 is 1.19 bits per heavy atom. The molecule has 0 unspecified atom stereocenters. The summed E-state index contributed by atoms with van der Waals surface area (Å²) in [6.07, 6.45) is 0.707. The van der Waals surface area contributed by atoms with E-state index < -0.39 is 0 Å². The highest BCUT2D eigenvalue weighted by Gasteiger charge is 2.10. The van der Waals surface area contributed by atoms with Crippen molar-refractivity contribution < 1.29 is 14.1 Å². The Balaban J connectivity index is 1.63. The number of benzene rings is 2. The summed E-state index contributed by atoms with van der Waals surface area (Å²) in [6, 6.07) is 13.0. The molecular formula is C20H21N3O3. The predicted molar refractivity (Wildman–Crippen MR) is 99.2 cm³/mol. The fourth-order valence-electron chi connectivity index (χ4n) is 2.46. The normalized spacial score (nSPS) is 10.6. The Morgan fingerprint density at radius 3 is 2.77 bits per heavy atom. The highest BCUT2D eigenvalue weighted by Crippen LogP contribution is 2.23. The van der Waals surface area contributed by atoms with Crippen LogP contribution in [-0.4, -0.2) is 22.7 Å². The number of aryl methyl sites for hydroxylation is 2. The molecule has 0 saturated heterocycles. The molecule has 6 nitrogen and oxygen atoms in total. The Bertz CT molecular complexity index is 918. The van der Waals surface area contributed by atoms with Crippen LogP contribution in [0.25, 0.3) is 11.5 Å². The van der Waals surface area contributed by atoms with Gasteiger partial charge in [0.2, 0.25) is 0 Å². The molecule has 0 spiro atoms. The second kappa shape index (κ2) is 7.82. The average Bonchev–Trinajstić information content (AvgIpc) is 3.13. The van der Waals surface area contributed by atoms with Crippen molar-refractivity contribution in [1.29, 1.82) is 0 Å². The smallest absolute Gasteiger partial charge is 0.262 e. The van der Waals surface area contributed by atoms with Crippen LogP contribution < -0.4 is 10.1 Å². The van der Waals surface area contributed by atoms with E-state index in [0.29, 0.717) is 23.9 Å². The summed E-state index contributed by atoms with van der Waals surface area (Å²) < 4.78 is 10.8. The van der Waals surface area contributed by atoms with Crippen LogP contribution >= 0.6 is 0 Å². The van der Waals surface area contributed by atoms with Crippen molar-refractivity contribution in [2.75, 3.05) is 11.9 Å². The maximum atomic E-state index is 12.2. The van der Waals surface area contributed by atoms with Crippen molar-refractivity contribution in [2.45, 2.75) is 27.2 Å². The minimum Gasteiger partial charge on any atom is -0.484 e. The van der Waals surface area contributed by atoms with Gasteiger partial charge in [-0.05, 0) is 49.2 Å². The van der Waals surface area contributed by atoms with E-state index in [9.17, 15) is 4.79 Å². The molecule has 1 N–H and O–H groups in total. The molecule has 3 rings (SSSR count). The first-order valence-corrected chi connectivity index (χ1v) is 8.48. The molecule has 1 heterocycles. The van der Waals surface area contributed by atoms with Crippen molar-refractivity contribution in [3.8, 4) is 17.2 Å². The first-order chi connectivity index (χ1) is 12.6. The van der Waals surface area contributed by atoms with E-state index in [2.05, 4.69) is 15.5 Å². The molecule has 1 aromatic heterocycles. The van der Waals surface area contributed by atoms with Gasteiger partial charge in [0.25, 0.3) is 11.8 Å². The SMILES string of the molecule is CCc1noc(-c2cccc(OCC(=O)Nc3cccc(C)c3C)c2)n1. The van der Waals surface area contributed by atoms with Gasteiger partial charge in [-0.25, -0.2) is 0 Å². The molecule has 6 heteroatoms. The van der Waals surface area contributed by atoms with E-state index in [4.69, 9.17) is 9.26 Å². The largest absolute Gasteiger partial charge is 0.484 e. The monoisotopic (exact) mass is 351 g/mol. The van der Waals surface area contributed by atoms with Crippen LogP contribution in [0.1, 0.15) is 23.9 Å². The molecule has 0 radical (unpaired) electrons. The number of hydrogen-bond acceptors (Lipinski definition) is 5. The summed E-state index contributed by atoms with van der Waals surface area (Å²) in [5, 5.41) is 6.76. The van der Waals surface area contributed by atoms with Gasteiger partial charge < -0.3 is 14.6 Å². The van der Waals surface area contributed by atoms with Crippen molar-refractivity contribution >= 4 is 11.6 Å². The topological polar surface area (TPSA) is 77.2 Å². The summed E-state index contributed by atoms with van der Waals surface area (Å²) >= 11 is 0. The maximum Gasteiger partial charge on any atom is 0.262 e. The van der Waals surface area contributed by atoms with Crippen molar-refractivity contribution in [3.63, 3.8) is 0 Å². The first-order valence-electron chi connectivity index (χ1n) is 8.48. The minimum absolute atomic E-state index is 0.0825. The standard InChI is InChI=1S/C20H21N3O3/c1-4-18-22-20(26-23-18)15-8-6-9-16(11-15)25-12-19(24)21-17-10-5-7-13(2)14(17)3/h5-11H,4,12H2,1-3H3,(H,21,24). The number of amides is 1. The third kappa shape index (κ3) is 4.08. The summed E-state index contributed by atoms with van der Waals surface area (Å²) in [7, 11) is 0. The minimum atomic E-state index is -0.213. The predicted octanol–water partition coefficient (Wildman–Crippen LogP) is 3.93. The van der Waals surface area contributed by atoms with Crippen LogP contribution in [0.3, 0.4) is 0 Å². The van der Waals surface area contributed by atoms with Crippen molar-refractivity contribution in [1.82, 2.24) is 10.1 Å². The number of aromatic nitrogens is 2. The third-order valence-electron chi connectivity index (χ3n) is 4.11. The second-order valence-electron chi connectivity index (χ2n) is 5.98. The number of carbonyl (C=O) groups is 1. The van der Waals surface area contributed by atoms with Gasteiger partial charge in [-0.3, -0.25) is 4.79 Å². The molecule has 2 aromatic carbocycles. The Morgan fingerprint density at radius 2 is 2.00 bits per heavy atom. The highest BCUT2D eigenvalue weighted by atomic mass is 16.5. The van der Waals surface area contributed by atoms with Gasteiger partial charge in [-0.1, -0.05) is 30.3 Å². The summed E-state index contributed by atoms with van der Waals surface area (Å²) in [6.45, 7) is 5.86. The number of anilines is 1.